The van der Waals surface area contributed by atoms with Gasteiger partial charge in [0.2, 0.25) is 5.91 Å². The summed E-state index contributed by atoms with van der Waals surface area (Å²) in [5.74, 6) is 5.48. The van der Waals surface area contributed by atoms with E-state index in [2.05, 4.69) is 21.4 Å². The SMILES string of the molecule is NNC(=O)CCOc1ccc(-c2ccc(Br)cc2)cc1. The van der Waals surface area contributed by atoms with Crippen molar-refractivity contribution in [2.24, 2.45) is 5.84 Å². The number of carbonyl (C=O) groups excluding carboxylic acids is 1. The van der Waals surface area contributed by atoms with Crippen molar-refractivity contribution in [3.05, 3.63) is 53.0 Å². The van der Waals surface area contributed by atoms with Crippen LogP contribution in [-0.2, 0) is 4.79 Å². The summed E-state index contributed by atoms with van der Waals surface area (Å²) in [7, 11) is 0. The highest BCUT2D eigenvalue weighted by Gasteiger charge is 2.01. The summed E-state index contributed by atoms with van der Waals surface area (Å²) in [6, 6.07) is 15.9. The predicted molar refractivity (Wildman–Crippen MR) is 82.0 cm³/mol. The Labute approximate surface area is 126 Å². The highest BCUT2D eigenvalue weighted by Crippen LogP contribution is 2.24. The highest BCUT2D eigenvalue weighted by molar-refractivity contribution is 9.10. The summed E-state index contributed by atoms with van der Waals surface area (Å²) in [6.45, 7) is 0.306. The van der Waals surface area contributed by atoms with Gasteiger partial charge in [0.1, 0.15) is 5.75 Å². The van der Waals surface area contributed by atoms with Crippen LogP contribution in [0.25, 0.3) is 11.1 Å². The minimum Gasteiger partial charge on any atom is -0.493 e. The average molecular weight is 335 g/mol. The third-order valence-electron chi connectivity index (χ3n) is 2.79. The van der Waals surface area contributed by atoms with Crippen molar-refractivity contribution in [2.45, 2.75) is 6.42 Å². The summed E-state index contributed by atoms with van der Waals surface area (Å²) in [4.78, 5) is 10.9. The number of carbonyl (C=O) groups is 1. The number of halogens is 1. The van der Waals surface area contributed by atoms with Crippen molar-refractivity contribution in [1.29, 1.82) is 0 Å². The number of rotatable bonds is 5. The van der Waals surface area contributed by atoms with E-state index in [1.165, 1.54) is 0 Å². The van der Waals surface area contributed by atoms with Crippen molar-refractivity contribution in [2.75, 3.05) is 6.61 Å². The van der Waals surface area contributed by atoms with Crippen LogP contribution in [-0.4, -0.2) is 12.5 Å². The lowest BCUT2D eigenvalue weighted by Crippen LogP contribution is -2.31. The van der Waals surface area contributed by atoms with Crippen LogP contribution in [0.1, 0.15) is 6.42 Å². The van der Waals surface area contributed by atoms with Crippen LogP contribution in [0, 0.1) is 0 Å². The van der Waals surface area contributed by atoms with Gasteiger partial charge in [-0.15, -0.1) is 0 Å². The average Bonchev–Trinajstić information content (AvgIpc) is 2.48. The first-order valence-corrected chi connectivity index (χ1v) is 6.96. The van der Waals surface area contributed by atoms with Gasteiger partial charge in [-0.3, -0.25) is 10.2 Å². The Hall–Kier alpha value is -1.85. The molecule has 0 saturated heterocycles. The smallest absolute Gasteiger partial charge is 0.237 e. The molecule has 104 valence electrons. The van der Waals surface area contributed by atoms with Gasteiger partial charge in [-0.2, -0.15) is 0 Å². The number of nitrogens with one attached hydrogen (secondary N) is 1. The molecule has 0 aliphatic heterocycles. The van der Waals surface area contributed by atoms with E-state index < -0.39 is 0 Å². The van der Waals surface area contributed by atoms with Crippen LogP contribution in [0.3, 0.4) is 0 Å². The summed E-state index contributed by atoms with van der Waals surface area (Å²) in [5, 5.41) is 0. The Bertz CT molecular complexity index is 567. The van der Waals surface area contributed by atoms with E-state index in [1.807, 2.05) is 48.5 Å². The van der Waals surface area contributed by atoms with Gasteiger partial charge in [0, 0.05) is 4.47 Å². The minimum absolute atomic E-state index is 0.239. The third-order valence-corrected chi connectivity index (χ3v) is 3.32. The maximum absolute atomic E-state index is 10.9. The van der Waals surface area contributed by atoms with E-state index in [-0.39, 0.29) is 12.3 Å². The molecule has 20 heavy (non-hydrogen) atoms. The molecule has 2 aromatic rings. The molecule has 0 aliphatic carbocycles. The standard InChI is InChI=1S/C15H15BrN2O2/c16-13-5-1-11(2-6-13)12-3-7-14(8-4-12)20-10-9-15(19)18-17/h1-8H,9-10,17H2,(H,18,19). The first kappa shape index (κ1) is 14.6. The lowest BCUT2D eigenvalue weighted by Gasteiger charge is -2.07. The fraction of sp³-hybridized carbons (Fsp3) is 0.133. The fourth-order valence-corrected chi connectivity index (χ4v) is 1.98. The summed E-state index contributed by atoms with van der Waals surface area (Å²) in [6.07, 6.45) is 0.241. The zero-order chi connectivity index (χ0) is 14.4. The molecule has 0 saturated carbocycles. The van der Waals surface area contributed by atoms with Crippen LogP contribution < -0.4 is 16.0 Å². The van der Waals surface area contributed by atoms with Gasteiger partial charge >= 0.3 is 0 Å². The Morgan fingerprint density at radius 3 is 2.15 bits per heavy atom. The summed E-state index contributed by atoms with van der Waals surface area (Å²) >= 11 is 3.41. The molecule has 0 bridgehead atoms. The number of hydrazine groups is 1. The molecule has 0 radical (unpaired) electrons. The largest absolute Gasteiger partial charge is 0.493 e. The van der Waals surface area contributed by atoms with Crippen molar-refractivity contribution < 1.29 is 9.53 Å². The van der Waals surface area contributed by atoms with Gasteiger partial charge in [0.25, 0.3) is 0 Å². The second kappa shape index (κ2) is 7.07. The molecule has 4 nitrogen and oxygen atoms in total. The topological polar surface area (TPSA) is 64.3 Å². The zero-order valence-corrected chi connectivity index (χ0v) is 12.4. The van der Waals surface area contributed by atoms with Crippen molar-refractivity contribution in [3.8, 4) is 16.9 Å². The van der Waals surface area contributed by atoms with Crippen LogP contribution >= 0.6 is 15.9 Å². The number of nitrogens with two attached hydrogens (primary N) is 1. The van der Waals surface area contributed by atoms with Crippen LogP contribution in [0.15, 0.2) is 53.0 Å². The number of benzene rings is 2. The molecule has 0 aromatic heterocycles. The van der Waals surface area contributed by atoms with E-state index in [1.54, 1.807) is 0 Å². The van der Waals surface area contributed by atoms with Crippen molar-refractivity contribution in [1.82, 2.24) is 5.43 Å². The molecular formula is C15H15BrN2O2. The Morgan fingerprint density at radius 2 is 1.60 bits per heavy atom. The van der Waals surface area contributed by atoms with E-state index >= 15 is 0 Å². The van der Waals surface area contributed by atoms with Crippen LogP contribution in [0.4, 0.5) is 0 Å². The predicted octanol–water partition coefficient (Wildman–Crippen LogP) is 2.87. The van der Waals surface area contributed by atoms with Gasteiger partial charge in [0.05, 0.1) is 13.0 Å². The molecule has 0 heterocycles. The summed E-state index contributed by atoms with van der Waals surface area (Å²) in [5.41, 5.74) is 4.32. The molecule has 1 amide bonds. The molecule has 0 fully saturated rings. The summed E-state index contributed by atoms with van der Waals surface area (Å²) < 4.78 is 6.52. The van der Waals surface area contributed by atoms with Crippen molar-refractivity contribution in [3.63, 3.8) is 0 Å². The Balaban J connectivity index is 1.96. The second-order valence-corrected chi connectivity index (χ2v) is 5.11. The van der Waals surface area contributed by atoms with E-state index in [4.69, 9.17) is 10.6 Å². The normalized spacial score (nSPS) is 10.1. The monoisotopic (exact) mass is 334 g/mol. The zero-order valence-electron chi connectivity index (χ0n) is 10.8. The van der Waals surface area contributed by atoms with Gasteiger partial charge in [-0.05, 0) is 35.4 Å². The lowest BCUT2D eigenvalue weighted by atomic mass is 10.1. The number of ether oxygens (including phenoxy) is 1. The highest BCUT2D eigenvalue weighted by atomic mass is 79.9. The van der Waals surface area contributed by atoms with Gasteiger partial charge in [0.15, 0.2) is 0 Å². The van der Waals surface area contributed by atoms with E-state index in [9.17, 15) is 4.79 Å². The van der Waals surface area contributed by atoms with Crippen molar-refractivity contribution >= 4 is 21.8 Å². The van der Waals surface area contributed by atoms with E-state index in [0.717, 1.165) is 21.3 Å². The van der Waals surface area contributed by atoms with E-state index in [0.29, 0.717) is 6.61 Å². The number of hydrogen-bond donors (Lipinski definition) is 2. The third kappa shape index (κ3) is 4.08. The van der Waals surface area contributed by atoms with Crippen LogP contribution in [0.2, 0.25) is 0 Å². The molecule has 2 aromatic carbocycles. The number of hydrogen-bond acceptors (Lipinski definition) is 3. The molecular weight excluding hydrogens is 320 g/mol. The maximum atomic E-state index is 10.9. The van der Waals surface area contributed by atoms with Gasteiger partial charge in [-0.1, -0.05) is 40.2 Å². The first-order chi connectivity index (χ1) is 9.69. The molecule has 0 aliphatic rings. The minimum atomic E-state index is -0.239. The van der Waals surface area contributed by atoms with Crippen LogP contribution in [0.5, 0.6) is 5.75 Å². The Kier molecular flexibility index (Phi) is 5.15. The molecule has 2 rings (SSSR count). The molecule has 5 heteroatoms. The molecule has 3 N–H and O–H groups in total. The Morgan fingerprint density at radius 1 is 1.05 bits per heavy atom. The quantitative estimate of drug-likeness (QED) is 0.502. The van der Waals surface area contributed by atoms with Gasteiger partial charge < -0.3 is 4.74 Å². The van der Waals surface area contributed by atoms with Gasteiger partial charge in [-0.25, -0.2) is 5.84 Å². The molecule has 0 unspecified atom stereocenters. The molecule has 0 atom stereocenters. The maximum Gasteiger partial charge on any atom is 0.237 e. The second-order valence-electron chi connectivity index (χ2n) is 4.20. The lowest BCUT2D eigenvalue weighted by molar-refractivity contribution is -0.121. The number of amides is 1. The molecule has 0 spiro atoms. The fourth-order valence-electron chi connectivity index (χ4n) is 1.72. The first-order valence-electron chi connectivity index (χ1n) is 6.17.